The molecule has 2 aromatic rings. The minimum absolute atomic E-state index is 0.274. The van der Waals surface area contributed by atoms with Crippen molar-refractivity contribution in [2.24, 2.45) is 0 Å². The first-order valence-corrected chi connectivity index (χ1v) is 6.24. The summed E-state index contributed by atoms with van der Waals surface area (Å²) in [6.07, 6.45) is -3.37. The minimum atomic E-state index is -4.51. The quantitative estimate of drug-likeness (QED) is 0.946. The summed E-state index contributed by atoms with van der Waals surface area (Å²) in [5, 5.41) is 6.03. The molecule has 7 heteroatoms. The van der Waals surface area contributed by atoms with E-state index < -0.39 is 17.8 Å². The molecule has 21 heavy (non-hydrogen) atoms. The monoisotopic (exact) mass is 297 g/mol. The number of halogens is 3. The molecule has 1 aromatic heterocycles. The van der Waals surface area contributed by atoms with Crippen molar-refractivity contribution in [3.8, 4) is 0 Å². The fraction of sp³-hybridized carbons (Fsp3) is 0.286. The predicted molar refractivity (Wildman–Crippen MR) is 71.8 cm³/mol. The first-order valence-electron chi connectivity index (χ1n) is 6.24. The Morgan fingerprint density at radius 2 is 1.86 bits per heavy atom. The number of carbonyl (C=O) groups excluding carboxylic acids is 1. The molecule has 1 N–H and O–H groups in total. The van der Waals surface area contributed by atoms with Gasteiger partial charge in [-0.15, -0.1) is 0 Å². The van der Waals surface area contributed by atoms with E-state index in [2.05, 4.69) is 10.4 Å². The number of aryl methyl sites for hydroxylation is 2. The standard InChI is InChI=1S/C14H14F3N3O/c1-9-4-3-5-10(2)13(9)18-12(21)8-20-7-6-11(19-20)14(15,16)17/h3-7H,8H2,1-2H3,(H,18,21). The lowest BCUT2D eigenvalue weighted by molar-refractivity contribution is -0.141. The van der Waals surface area contributed by atoms with Gasteiger partial charge in [0.2, 0.25) is 5.91 Å². The summed E-state index contributed by atoms with van der Waals surface area (Å²) >= 11 is 0. The van der Waals surface area contributed by atoms with Crippen LogP contribution in [0.15, 0.2) is 30.5 Å². The second-order valence-corrected chi connectivity index (χ2v) is 4.71. The summed E-state index contributed by atoms with van der Waals surface area (Å²) in [7, 11) is 0. The second-order valence-electron chi connectivity index (χ2n) is 4.71. The number of aromatic nitrogens is 2. The van der Waals surface area contributed by atoms with Crippen LogP contribution in [-0.2, 0) is 17.5 Å². The van der Waals surface area contributed by atoms with Gasteiger partial charge in [-0.3, -0.25) is 9.48 Å². The number of rotatable bonds is 3. The topological polar surface area (TPSA) is 46.9 Å². The fourth-order valence-electron chi connectivity index (χ4n) is 1.94. The van der Waals surface area contributed by atoms with Crippen molar-refractivity contribution < 1.29 is 18.0 Å². The highest BCUT2D eigenvalue weighted by Crippen LogP contribution is 2.27. The van der Waals surface area contributed by atoms with Crippen molar-refractivity contribution in [2.75, 3.05) is 5.32 Å². The zero-order valence-corrected chi connectivity index (χ0v) is 11.5. The van der Waals surface area contributed by atoms with E-state index in [1.165, 1.54) is 0 Å². The maximum atomic E-state index is 12.4. The van der Waals surface area contributed by atoms with Gasteiger partial charge in [-0.25, -0.2) is 0 Å². The summed E-state index contributed by atoms with van der Waals surface area (Å²) in [6.45, 7) is 3.42. The first kappa shape index (κ1) is 15.1. The fourth-order valence-corrected chi connectivity index (χ4v) is 1.94. The Bertz CT molecular complexity index is 641. The summed E-state index contributed by atoms with van der Waals surface area (Å²) in [5.74, 6) is -0.427. The molecule has 1 heterocycles. The number of nitrogens with zero attached hydrogens (tertiary/aromatic N) is 2. The van der Waals surface area contributed by atoms with Gasteiger partial charge in [0.05, 0.1) is 0 Å². The summed E-state index contributed by atoms with van der Waals surface area (Å²) < 4.78 is 38.2. The SMILES string of the molecule is Cc1cccc(C)c1NC(=O)Cn1ccc(C(F)(F)F)n1. The van der Waals surface area contributed by atoms with E-state index in [0.717, 1.165) is 28.1 Å². The van der Waals surface area contributed by atoms with Gasteiger partial charge in [-0.05, 0) is 31.0 Å². The van der Waals surface area contributed by atoms with Crippen LogP contribution in [0.25, 0.3) is 0 Å². The molecule has 0 spiro atoms. The number of carbonyl (C=O) groups is 1. The highest BCUT2D eigenvalue weighted by molar-refractivity contribution is 5.92. The maximum absolute atomic E-state index is 12.4. The normalized spacial score (nSPS) is 11.5. The molecule has 0 saturated heterocycles. The van der Waals surface area contributed by atoms with Gasteiger partial charge in [0, 0.05) is 11.9 Å². The number of nitrogens with one attached hydrogen (secondary N) is 1. The molecule has 0 unspecified atom stereocenters. The predicted octanol–water partition coefficient (Wildman–Crippen LogP) is 3.16. The van der Waals surface area contributed by atoms with E-state index in [-0.39, 0.29) is 6.54 Å². The lowest BCUT2D eigenvalue weighted by atomic mass is 10.1. The smallest absolute Gasteiger partial charge is 0.324 e. The molecule has 0 atom stereocenters. The zero-order valence-electron chi connectivity index (χ0n) is 11.5. The molecule has 0 aliphatic heterocycles. The maximum Gasteiger partial charge on any atom is 0.435 e. The number of benzene rings is 1. The van der Waals surface area contributed by atoms with Crippen molar-refractivity contribution in [1.29, 1.82) is 0 Å². The molecule has 1 amide bonds. The van der Waals surface area contributed by atoms with E-state index >= 15 is 0 Å². The Balaban J connectivity index is 2.07. The average molecular weight is 297 g/mol. The third-order valence-electron chi connectivity index (χ3n) is 2.98. The van der Waals surface area contributed by atoms with Crippen LogP contribution < -0.4 is 5.32 Å². The van der Waals surface area contributed by atoms with Gasteiger partial charge in [-0.2, -0.15) is 18.3 Å². The Hall–Kier alpha value is -2.31. The van der Waals surface area contributed by atoms with Crippen LogP contribution in [0.2, 0.25) is 0 Å². The van der Waals surface area contributed by atoms with Crippen LogP contribution in [0.4, 0.5) is 18.9 Å². The van der Waals surface area contributed by atoms with Gasteiger partial charge in [0.25, 0.3) is 0 Å². The second kappa shape index (κ2) is 5.59. The highest BCUT2D eigenvalue weighted by Gasteiger charge is 2.33. The molecule has 0 aliphatic rings. The number of alkyl halides is 3. The van der Waals surface area contributed by atoms with Crippen molar-refractivity contribution in [2.45, 2.75) is 26.6 Å². The third kappa shape index (κ3) is 3.62. The van der Waals surface area contributed by atoms with Crippen LogP contribution in [-0.4, -0.2) is 15.7 Å². The van der Waals surface area contributed by atoms with E-state index in [1.54, 1.807) is 0 Å². The lowest BCUT2D eigenvalue weighted by Crippen LogP contribution is -2.20. The lowest BCUT2D eigenvalue weighted by Gasteiger charge is -2.11. The largest absolute Gasteiger partial charge is 0.435 e. The van der Waals surface area contributed by atoms with Gasteiger partial charge in [0.15, 0.2) is 5.69 Å². The Morgan fingerprint density at radius 1 is 1.24 bits per heavy atom. The molecule has 1 aromatic carbocycles. The highest BCUT2D eigenvalue weighted by atomic mass is 19.4. The molecular weight excluding hydrogens is 283 g/mol. The summed E-state index contributed by atoms with van der Waals surface area (Å²) in [4.78, 5) is 11.9. The Labute approximate surface area is 119 Å². The van der Waals surface area contributed by atoms with Gasteiger partial charge >= 0.3 is 6.18 Å². The number of hydrogen-bond donors (Lipinski definition) is 1. The van der Waals surface area contributed by atoms with Crippen LogP contribution in [0.3, 0.4) is 0 Å². The molecule has 112 valence electrons. The van der Waals surface area contributed by atoms with Crippen LogP contribution in [0, 0.1) is 13.8 Å². The molecule has 4 nitrogen and oxygen atoms in total. The van der Waals surface area contributed by atoms with Gasteiger partial charge < -0.3 is 5.32 Å². The summed E-state index contributed by atoms with van der Waals surface area (Å²) in [5.41, 5.74) is 1.44. The van der Waals surface area contributed by atoms with Gasteiger partial charge in [-0.1, -0.05) is 18.2 Å². The minimum Gasteiger partial charge on any atom is -0.324 e. The molecule has 0 bridgehead atoms. The van der Waals surface area contributed by atoms with Crippen molar-refractivity contribution in [3.05, 3.63) is 47.3 Å². The first-order chi connectivity index (χ1) is 9.77. The number of para-hydroxylation sites is 1. The molecule has 0 fully saturated rings. The van der Waals surface area contributed by atoms with E-state index in [1.807, 2.05) is 32.0 Å². The molecule has 0 radical (unpaired) electrons. The number of anilines is 1. The van der Waals surface area contributed by atoms with E-state index in [9.17, 15) is 18.0 Å². The van der Waals surface area contributed by atoms with Crippen LogP contribution >= 0.6 is 0 Å². The average Bonchev–Trinajstić information content (AvgIpc) is 2.82. The molecule has 2 rings (SSSR count). The third-order valence-corrected chi connectivity index (χ3v) is 2.98. The molecule has 0 saturated carbocycles. The van der Waals surface area contributed by atoms with Crippen molar-refractivity contribution >= 4 is 11.6 Å². The number of hydrogen-bond acceptors (Lipinski definition) is 2. The Kier molecular flexibility index (Phi) is 4.02. The van der Waals surface area contributed by atoms with Crippen LogP contribution in [0.1, 0.15) is 16.8 Å². The summed E-state index contributed by atoms with van der Waals surface area (Å²) in [6, 6.07) is 6.40. The van der Waals surface area contributed by atoms with E-state index in [4.69, 9.17) is 0 Å². The Morgan fingerprint density at radius 3 is 2.38 bits per heavy atom. The van der Waals surface area contributed by atoms with Crippen LogP contribution in [0.5, 0.6) is 0 Å². The molecule has 0 aliphatic carbocycles. The zero-order chi connectivity index (χ0) is 15.6. The molecular formula is C14H14F3N3O. The van der Waals surface area contributed by atoms with Crippen molar-refractivity contribution in [1.82, 2.24) is 9.78 Å². The van der Waals surface area contributed by atoms with E-state index in [0.29, 0.717) is 5.69 Å². The van der Waals surface area contributed by atoms with Gasteiger partial charge in [0.1, 0.15) is 6.54 Å². The number of amides is 1. The van der Waals surface area contributed by atoms with Crippen molar-refractivity contribution in [3.63, 3.8) is 0 Å².